The molecule has 0 saturated carbocycles. The second-order valence-electron chi connectivity index (χ2n) is 4.24. The molecule has 2 rings (SSSR count). The quantitative estimate of drug-likeness (QED) is 0.940. The Balaban J connectivity index is 2.41. The molecule has 0 aliphatic rings. The molecule has 0 amide bonds. The lowest BCUT2D eigenvalue weighted by atomic mass is 10.2. The summed E-state index contributed by atoms with van der Waals surface area (Å²) in [5.74, 6) is 0.459. The van der Waals surface area contributed by atoms with Crippen LogP contribution in [0, 0.1) is 6.92 Å². The lowest BCUT2D eigenvalue weighted by Crippen LogP contribution is -2.14. The fourth-order valence-electron chi connectivity index (χ4n) is 1.75. The maximum absolute atomic E-state index is 12.3. The van der Waals surface area contributed by atoms with E-state index in [1.165, 1.54) is 19.2 Å². The topological polar surface area (TPSA) is 55.4 Å². The number of benzene rings is 2. The Kier molecular flexibility index (Phi) is 4.20. The van der Waals surface area contributed by atoms with Gasteiger partial charge in [0.15, 0.2) is 0 Å². The van der Waals surface area contributed by atoms with Gasteiger partial charge in [0.2, 0.25) is 0 Å². The Morgan fingerprint density at radius 3 is 2.50 bits per heavy atom. The van der Waals surface area contributed by atoms with Crippen molar-refractivity contribution < 1.29 is 13.2 Å². The SMILES string of the molecule is COc1cc(C)ccc1NS(=O)(=O)c1ccccc1Cl. The molecule has 20 heavy (non-hydrogen) atoms. The zero-order valence-electron chi connectivity index (χ0n) is 11.1. The van der Waals surface area contributed by atoms with Gasteiger partial charge in [0, 0.05) is 0 Å². The molecule has 0 radical (unpaired) electrons. The molecule has 0 fully saturated rings. The smallest absolute Gasteiger partial charge is 0.263 e. The van der Waals surface area contributed by atoms with Crippen LogP contribution in [0.2, 0.25) is 5.02 Å². The van der Waals surface area contributed by atoms with E-state index in [1.807, 2.05) is 6.92 Å². The van der Waals surface area contributed by atoms with Crippen LogP contribution in [0.25, 0.3) is 0 Å². The van der Waals surface area contributed by atoms with Crippen LogP contribution in [0.5, 0.6) is 5.75 Å². The molecule has 4 nitrogen and oxygen atoms in total. The largest absolute Gasteiger partial charge is 0.495 e. The molecule has 0 aliphatic heterocycles. The Hall–Kier alpha value is -1.72. The van der Waals surface area contributed by atoms with E-state index in [0.29, 0.717) is 11.4 Å². The van der Waals surface area contributed by atoms with Gasteiger partial charge >= 0.3 is 0 Å². The third-order valence-corrected chi connectivity index (χ3v) is 4.59. The van der Waals surface area contributed by atoms with Crippen LogP contribution in [-0.2, 0) is 10.0 Å². The molecular formula is C14H14ClNO3S. The summed E-state index contributed by atoms with van der Waals surface area (Å²) < 4.78 is 32.3. The number of ether oxygens (including phenoxy) is 1. The Morgan fingerprint density at radius 2 is 1.85 bits per heavy atom. The van der Waals surface area contributed by atoms with Crippen molar-refractivity contribution in [1.29, 1.82) is 0 Å². The zero-order valence-corrected chi connectivity index (χ0v) is 12.6. The predicted molar refractivity (Wildman–Crippen MR) is 80.0 cm³/mol. The molecule has 106 valence electrons. The number of methoxy groups -OCH3 is 1. The lowest BCUT2D eigenvalue weighted by molar-refractivity contribution is 0.416. The van der Waals surface area contributed by atoms with Crippen molar-refractivity contribution >= 4 is 27.3 Å². The second kappa shape index (κ2) is 5.73. The van der Waals surface area contributed by atoms with Crippen molar-refractivity contribution in [2.45, 2.75) is 11.8 Å². The zero-order chi connectivity index (χ0) is 14.8. The van der Waals surface area contributed by atoms with Gasteiger partial charge < -0.3 is 4.74 Å². The normalized spacial score (nSPS) is 11.2. The Bertz CT molecular complexity index is 729. The van der Waals surface area contributed by atoms with E-state index in [2.05, 4.69) is 4.72 Å². The molecule has 0 spiro atoms. The first-order valence-corrected chi connectivity index (χ1v) is 7.72. The van der Waals surface area contributed by atoms with Gasteiger partial charge in [-0.25, -0.2) is 8.42 Å². The van der Waals surface area contributed by atoms with Gasteiger partial charge in [0.1, 0.15) is 10.6 Å². The van der Waals surface area contributed by atoms with E-state index in [0.717, 1.165) is 5.56 Å². The van der Waals surface area contributed by atoms with Crippen molar-refractivity contribution in [3.63, 3.8) is 0 Å². The van der Waals surface area contributed by atoms with Crippen LogP contribution in [0.4, 0.5) is 5.69 Å². The molecular weight excluding hydrogens is 298 g/mol. The van der Waals surface area contributed by atoms with Crippen LogP contribution >= 0.6 is 11.6 Å². The molecule has 0 aromatic heterocycles. The van der Waals surface area contributed by atoms with Gasteiger partial charge in [-0.15, -0.1) is 0 Å². The van der Waals surface area contributed by atoms with E-state index < -0.39 is 10.0 Å². The molecule has 1 N–H and O–H groups in total. The first kappa shape index (κ1) is 14.7. The highest BCUT2D eigenvalue weighted by Crippen LogP contribution is 2.29. The molecule has 6 heteroatoms. The van der Waals surface area contributed by atoms with Gasteiger partial charge in [-0.05, 0) is 36.8 Å². The number of sulfonamides is 1. The molecule has 0 heterocycles. The lowest BCUT2D eigenvalue weighted by Gasteiger charge is -2.13. The number of halogens is 1. The third-order valence-electron chi connectivity index (χ3n) is 2.73. The van der Waals surface area contributed by atoms with Gasteiger partial charge in [-0.2, -0.15) is 0 Å². The number of rotatable bonds is 4. The summed E-state index contributed by atoms with van der Waals surface area (Å²) in [6, 6.07) is 11.5. The van der Waals surface area contributed by atoms with Gasteiger partial charge in [0.25, 0.3) is 10.0 Å². The molecule has 0 bridgehead atoms. The first-order chi connectivity index (χ1) is 9.44. The summed E-state index contributed by atoms with van der Waals surface area (Å²) in [4.78, 5) is 0.0318. The van der Waals surface area contributed by atoms with Gasteiger partial charge in [-0.3, -0.25) is 4.72 Å². The number of hydrogen-bond acceptors (Lipinski definition) is 3. The van der Waals surface area contributed by atoms with Crippen LogP contribution in [-0.4, -0.2) is 15.5 Å². The second-order valence-corrected chi connectivity index (χ2v) is 6.30. The summed E-state index contributed by atoms with van der Waals surface area (Å²) in [6.07, 6.45) is 0. The minimum absolute atomic E-state index is 0.0318. The Morgan fingerprint density at radius 1 is 1.15 bits per heavy atom. The predicted octanol–water partition coefficient (Wildman–Crippen LogP) is 3.46. The van der Waals surface area contributed by atoms with Crippen LogP contribution in [0.15, 0.2) is 47.4 Å². The fraction of sp³-hybridized carbons (Fsp3) is 0.143. The summed E-state index contributed by atoms with van der Waals surface area (Å²) in [5.41, 5.74) is 1.35. The minimum Gasteiger partial charge on any atom is -0.495 e. The highest BCUT2D eigenvalue weighted by Gasteiger charge is 2.19. The summed E-state index contributed by atoms with van der Waals surface area (Å²) in [7, 11) is -2.26. The van der Waals surface area contributed by atoms with E-state index in [9.17, 15) is 8.42 Å². The highest BCUT2D eigenvalue weighted by atomic mass is 35.5. The minimum atomic E-state index is -3.75. The summed E-state index contributed by atoms with van der Waals surface area (Å²) in [5, 5.41) is 0.172. The highest BCUT2D eigenvalue weighted by molar-refractivity contribution is 7.92. The van der Waals surface area contributed by atoms with E-state index in [1.54, 1.807) is 30.3 Å². The first-order valence-electron chi connectivity index (χ1n) is 5.86. The molecule has 0 unspecified atom stereocenters. The van der Waals surface area contributed by atoms with Crippen molar-refractivity contribution in [2.24, 2.45) is 0 Å². The maximum atomic E-state index is 12.3. The Labute approximate surface area is 123 Å². The van der Waals surface area contributed by atoms with Gasteiger partial charge in [-0.1, -0.05) is 29.8 Å². The number of anilines is 1. The van der Waals surface area contributed by atoms with Crippen LogP contribution < -0.4 is 9.46 Å². The number of nitrogens with one attached hydrogen (secondary N) is 1. The maximum Gasteiger partial charge on any atom is 0.263 e. The van der Waals surface area contributed by atoms with Crippen molar-refractivity contribution in [1.82, 2.24) is 0 Å². The van der Waals surface area contributed by atoms with Gasteiger partial charge in [0.05, 0.1) is 17.8 Å². The number of hydrogen-bond donors (Lipinski definition) is 1. The summed E-state index contributed by atoms with van der Waals surface area (Å²) >= 11 is 5.92. The standard InChI is InChI=1S/C14H14ClNO3S/c1-10-7-8-12(13(9-10)19-2)16-20(17,18)14-6-4-3-5-11(14)15/h3-9,16H,1-2H3. The van der Waals surface area contributed by atoms with E-state index in [4.69, 9.17) is 16.3 Å². The van der Waals surface area contributed by atoms with Crippen LogP contribution in [0.1, 0.15) is 5.56 Å². The molecule has 0 aliphatic carbocycles. The van der Waals surface area contributed by atoms with E-state index in [-0.39, 0.29) is 9.92 Å². The van der Waals surface area contributed by atoms with Crippen molar-refractivity contribution in [2.75, 3.05) is 11.8 Å². The molecule has 0 atom stereocenters. The van der Waals surface area contributed by atoms with Crippen molar-refractivity contribution in [3.05, 3.63) is 53.1 Å². The van der Waals surface area contributed by atoms with Crippen LogP contribution in [0.3, 0.4) is 0 Å². The van der Waals surface area contributed by atoms with Crippen molar-refractivity contribution in [3.8, 4) is 5.75 Å². The summed E-state index contributed by atoms with van der Waals surface area (Å²) in [6.45, 7) is 1.90. The molecule has 2 aromatic carbocycles. The fourth-order valence-corrected chi connectivity index (χ4v) is 3.34. The number of aryl methyl sites for hydroxylation is 1. The average molecular weight is 312 g/mol. The average Bonchev–Trinajstić information content (AvgIpc) is 2.41. The molecule has 0 saturated heterocycles. The molecule has 2 aromatic rings. The monoisotopic (exact) mass is 311 g/mol. The van der Waals surface area contributed by atoms with E-state index >= 15 is 0 Å². The third kappa shape index (κ3) is 3.05.